The molecule has 2 heterocycles. The summed E-state index contributed by atoms with van der Waals surface area (Å²) in [5.41, 5.74) is 5.20. The summed E-state index contributed by atoms with van der Waals surface area (Å²) in [6, 6.07) is 8.98. The lowest BCUT2D eigenvalue weighted by molar-refractivity contribution is 0.482. The number of H-pyrrole nitrogens is 1. The Hall–Kier alpha value is -2.40. The standard InChI is InChI=1S/C21H26N4O/c1-14-10-15(2)24-21(26)18(14)12-22-11-16-6-5-9-20-19(16)13-23-25(20)17-7-3-4-8-17/h5-6,9-10,13,17,22H,3-4,7-8,11-12H2,1-2H3,(H,24,26). The zero-order valence-corrected chi connectivity index (χ0v) is 15.5. The predicted octanol–water partition coefficient (Wildman–Crippen LogP) is 3.75. The first-order valence-electron chi connectivity index (χ1n) is 9.48. The first-order valence-corrected chi connectivity index (χ1v) is 9.48. The van der Waals surface area contributed by atoms with Crippen LogP contribution in [-0.2, 0) is 13.1 Å². The summed E-state index contributed by atoms with van der Waals surface area (Å²) in [6.07, 6.45) is 7.06. The van der Waals surface area contributed by atoms with Gasteiger partial charge in [-0.1, -0.05) is 25.0 Å². The van der Waals surface area contributed by atoms with E-state index in [2.05, 4.69) is 38.3 Å². The number of benzene rings is 1. The minimum atomic E-state index is 0.00209. The van der Waals surface area contributed by atoms with Crippen molar-refractivity contribution in [1.29, 1.82) is 0 Å². The maximum atomic E-state index is 12.2. The van der Waals surface area contributed by atoms with Crippen LogP contribution in [0.3, 0.4) is 0 Å². The molecule has 1 aromatic carbocycles. The number of fused-ring (bicyclic) bond motifs is 1. The molecule has 0 radical (unpaired) electrons. The molecule has 1 aliphatic rings. The molecule has 26 heavy (non-hydrogen) atoms. The molecule has 136 valence electrons. The number of pyridine rings is 1. The first-order chi connectivity index (χ1) is 12.6. The van der Waals surface area contributed by atoms with Gasteiger partial charge in [-0.3, -0.25) is 9.48 Å². The average molecular weight is 350 g/mol. The van der Waals surface area contributed by atoms with Crippen LogP contribution in [0, 0.1) is 13.8 Å². The highest BCUT2D eigenvalue weighted by molar-refractivity contribution is 5.82. The van der Waals surface area contributed by atoms with Gasteiger partial charge >= 0.3 is 0 Å². The van der Waals surface area contributed by atoms with E-state index < -0.39 is 0 Å². The van der Waals surface area contributed by atoms with E-state index in [-0.39, 0.29) is 5.56 Å². The van der Waals surface area contributed by atoms with Crippen molar-refractivity contribution in [2.45, 2.75) is 58.7 Å². The van der Waals surface area contributed by atoms with Gasteiger partial charge in [0.25, 0.3) is 5.56 Å². The fourth-order valence-electron chi connectivity index (χ4n) is 4.15. The van der Waals surface area contributed by atoms with Gasteiger partial charge in [0.2, 0.25) is 0 Å². The summed E-state index contributed by atoms with van der Waals surface area (Å²) in [5, 5.41) is 9.32. The highest BCUT2D eigenvalue weighted by Crippen LogP contribution is 2.32. The predicted molar refractivity (Wildman–Crippen MR) is 104 cm³/mol. The lowest BCUT2D eigenvalue weighted by atomic mass is 10.1. The first kappa shape index (κ1) is 17.0. The Morgan fingerprint density at radius 2 is 2.04 bits per heavy atom. The Morgan fingerprint density at radius 3 is 2.81 bits per heavy atom. The second-order valence-electron chi connectivity index (χ2n) is 7.42. The molecule has 0 unspecified atom stereocenters. The smallest absolute Gasteiger partial charge is 0.252 e. The number of rotatable bonds is 5. The van der Waals surface area contributed by atoms with Crippen LogP contribution in [0.15, 0.2) is 35.3 Å². The van der Waals surface area contributed by atoms with Gasteiger partial charge in [0, 0.05) is 29.7 Å². The van der Waals surface area contributed by atoms with Crippen molar-refractivity contribution in [2.75, 3.05) is 0 Å². The van der Waals surface area contributed by atoms with Gasteiger partial charge in [-0.25, -0.2) is 0 Å². The molecule has 0 spiro atoms. The molecule has 1 fully saturated rings. The van der Waals surface area contributed by atoms with Crippen molar-refractivity contribution in [1.82, 2.24) is 20.1 Å². The van der Waals surface area contributed by atoms with E-state index in [0.29, 0.717) is 12.6 Å². The average Bonchev–Trinajstić information content (AvgIpc) is 3.26. The Bertz CT molecular complexity index is 979. The summed E-state index contributed by atoms with van der Waals surface area (Å²) in [5.74, 6) is 0. The molecular formula is C21H26N4O. The van der Waals surface area contributed by atoms with E-state index in [1.54, 1.807) is 0 Å². The zero-order valence-electron chi connectivity index (χ0n) is 15.5. The number of aromatic amines is 1. The fourth-order valence-corrected chi connectivity index (χ4v) is 4.15. The van der Waals surface area contributed by atoms with E-state index in [1.807, 2.05) is 26.1 Å². The molecular weight excluding hydrogens is 324 g/mol. The van der Waals surface area contributed by atoms with Crippen molar-refractivity contribution in [3.63, 3.8) is 0 Å². The van der Waals surface area contributed by atoms with Crippen molar-refractivity contribution >= 4 is 10.9 Å². The van der Waals surface area contributed by atoms with Crippen molar-refractivity contribution in [3.8, 4) is 0 Å². The SMILES string of the molecule is Cc1cc(C)c(CNCc2cccc3c2cnn3C2CCCC2)c(=O)[nH]1. The quantitative estimate of drug-likeness (QED) is 0.737. The fraction of sp³-hybridized carbons (Fsp3) is 0.429. The molecule has 0 aliphatic heterocycles. The Labute approximate surface area is 153 Å². The van der Waals surface area contributed by atoms with Gasteiger partial charge < -0.3 is 10.3 Å². The maximum absolute atomic E-state index is 12.2. The molecule has 1 saturated carbocycles. The van der Waals surface area contributed by atoms with Crippen LogP contribution in [0.1, 0.15) is 54.1 Å². The van der Waals surface area contributed by atoms with Crippen molar-refractivity contribution in [2.24, 2.45) is 0 Å². The lowest BCUT2D eigenvalue weighted by Crippen LogP contribution is -2.22. The summed E-state index contributed by atoms with van der Waals surface area (Å²) in [7, 11) is 0. The molecule has 3 aromatic rings. The third kappa shape index (κ3) is 3.19. The van der Waals surface area contributed by atoms with Crippen LogP contribution < -0.4 is 10.9 Å². The second kappa shape index (κ2) is 7.08. The number of aryl methyl sites for hydroxylation is 2. The van der Waals surface area contributed by atoms with Crippen molar-refractivity contribution in [3.05, 3.63) is 63.2 Å². The molecule has 0 atom stereocenters. The molecule has 0 amide bonds. The van der Waals surface area contributed by atoms with Gasteiger partial charge in [0.15, 0.2) is 0 Å². The number of hydrogen-bond acceptors (Lipinski definition) is 3. The maximum Gasteiger partial charge on any atom is 0.252 e. The van der Waals surface area contributed by atoms with Crippen LogP contribution in [0.5, 0.6) is 0 Å². The zero-order chi connectivity index (χ0) is 18.1. The van der Waals surface area contributed by atoms with E-state index >= 15 is 0 Å². The molecule has 5 nitrogen and oxygen atoms in total. The second-order valence-corrected chi connectivity index (χ2v) is 7.42. The van der Waals surface area contributed by atoms with Crippen LogP contribution in [0.25, 0.3) is 10.9 Å². The van der Waals surface area contributed by atoms with Crippen LogP contribution in [-0.4, -0.2) is 14.8 Å². The Morgan fingerprint density at radius 1 is 1.23 bits per heavy atom. The third-order valence-electron chi connectivity index (χ3n) is 5.51. The summed E-state index contributed by atoms with van der Waals surface area (Å²) < 4.78 is 2.21. The number of aromatic nitrogens is 3. The molecule has 0 saturated heterocycles. The van der Waals surface area contributed by atoms with Crippen molar-refractivity contribution < 1.29 is 0 Å². The van der Waals surface area contributed by atoms with Gasteiger partial charge in [-0.15, -0.1) is 0 Å². The van der Waals surface area contributed by atoms with E-state index in [0.717, 1.165) is 23.4 Å². The molecule has 4 rings (SSSR count). The van der Waals surface area contributed by atoms with E-state index in [4.69, 9.17) is 0 Å². The van der Waals surface area contributed by atoms with Gasteiger partial charge in [-0.2, -0.15) is 5.10 Å². The highest BCUT2D eigenvalue weighted by atomic mass is 16.1. The topological polar surface area (TPSA) is 62.7 Å². The molecule has 1 aliphatic carbocycles. The highest BCUT2D eigenvalue weighted by Gasteiger charge is 2.19. The summed E-state index contributed by atoms with van der Waals surface area (Å²) in [4.78, 5) is 15.0. The Balaban J connectivity index is 1.52. The molecule has 5 heteroatoms. The molecule has 2 aromatic heterocycles. The Kier molecular flexibility index (Phi) is 4.64. The van der Waals surface area contributed by atoms with Crippen LogP contribution in [0.4, 0.5) is 0 Å². The van der Waals surface area contributed by atoms with Gasteiger partial charge in [0.05, 0.1) is 17.8 Å². The van der Waals surface area contributed by atoms with Gasteiger partial charge in [0.1, 0.15) is 0 Å². The van der Waals surface area contributed by atoms with Crippen LogP contribution >= 0.6 is 0 Å². The van der Waals surface area contributed by atoms with Gasteiger partial charge in [-0.05, 0) is 49.9 Å². The largest absolute Gasteiger partial charge is 0.326 e. The van der Waals surface area contributed by atoms with E-state index in [9.17, 15) is 4.79 Å². The van der Waals surface area contributed by atoms with E-state index in [1.165, 1.54) is 42.1 Å². The summed E-state index contributed by atoms with van der Waals surface area (Å²) in [6.45, 7) is 5.19. The minimum absolute atomic E-state index is 0.00209. The van der Waals surface area contributed by atoms with Crippen LogP contribution in [0.2, 0.25) is 0 Å². The monoisotopic (exact) mass is 350 g/mol. The third-order valence-corrected chi connectivity index (χ3v) is 5.51. The number of hydrogen-bond donors (Lipinski definition) is 2. The lowest BCUT2D eigenvalue weighted by Gasteiger charge is -2.12. The number of nitrogens with one attached hydrogen (secondary N) is 2. The number of nitrogens with zero attached hydrogens (tertiary/aromatic N) is 2. The molecule has 0 bridgehead atoms. The minimum Gasteiger partial charge on any atom is -0.326 e. The summed E-state index contributed by atoms with van der Waals surface area (Å²) >= 11 is 0. The normalized spacial score (nSPS) is 15.2. The molecule has 2 N–H and O–H groups in total.